The number of halogens is 1. The smallest absolute Gasteiger partial charge is 0.305 e. The molecular formula is C12H13FN4O3. The van der Waals surface area contributed by atoms with Gasteiger partial charge in [0.15, 0.2) is 5.82 Å². The number of rotatable bonds is 5. The highest BCUT2D eigenvalue weighted by atomic mass is 19.1. The van der Waals surface area contributed by atoms with Crippen LogP contribution in [0.4, 0.5) is 10.1 Å². The molecule has 1 aromatic heterocycles. The molecule has 0 N–H and O–H groups in total. The van der Waals surface area contributed by atoms with Crippen molar-refractivity contribution in [1.29, 1.82) is 0 Å². The van der Waals surface area contributed by atoms with Gasteiger partial charge in [0, 0.05) is 18.2 Å². The van der Waals surface area contributed by atoms with E-state index in [4.69, 9.17) is 4.74 Å². The number of ether oxygens (including phenoxy) is 1. The average Bonchev–Trinajstić information content (AvgIpc) is 2.84. The molecule has 0 atom stereocenters. The largest absolute Gasteiger partial charge is 0.486 e. The Morgan fingerprint density at radius 1 is 1.50 bits per heavy atom. The number of hydrogen-bond acceptors (Lipinski definition) is 5. The zero-order valence-corrected chi connectivity index (χ0v) is 11.0. The fourth-order valence-electron chi connectivity index (χ4n) is 1.68. The molecule has 1 heterocycles. The number of aromatic nitrogens is 3. The van der Waals surface area contributed by atoms with Crippen molar-refractivity contribution in [3.05, 3.63) is 46.3 Å². The number of nitrogens with zero attached hydrogens (tertiary/aromatic N) is 4. The molecule has 20 heavy (non-hydrogen) atoms. The van der Waals surface area contributed by atoms with Crippen LogP contribution in [0, 0.1) is 15.9 Å². The van der Waals surface area contributed by atoms with Gasteiger partial charge in [-0.25, -0.2) is 9.67 Å². The lowest BCUT2D eigenvalue weighted by Crippen LogP contribution is -2.10. The first-order chi connectivity index (χ1) is 9.49. The second kappa shape index (κ2) is 5.64. The van der Waals surface area contributed by atoms with Crippen molar-refractivity contribution < 1.29 is 14.1 Å². The van der Waals surface area contributed by atoms with Crippen LogP contribution in [-0.2, 0) is 6.61 Å². The van der Waals surface area contributed by atoms with Crippen molar-refractivity contribution in [2.75, 3.05) is 0 Å². The number of hydrogen-bond donors (Lipinski definition) is 0. The van der Waals surface area contributed by atoms with Crippen molar-refractivity contribution >= 4 is 5.69 Å². The van der Waals surface area contributed by atoms with Crippen LogP contribution < -0.4 is 4.74 Å². The molecule has 0 saturated heterocycles. The Labute approximate surface area is 114 Å². The monoisotopic (exact) mass is 280 g/mol. The topological polar surface area (TPSA) is 83.1 Å². The molecule has 2 rings (SSSR count). The van der Waals surface area contributed by atoms with Gasteiger partial charge in [-0.05, 0) is 19.9 Å². The van der Waals surface area contributed by atoms with Crippen LogP contribution in [0.3, 0.4) is 0 Å². The second-order valence-electron chi connectivity index (χ2n) is 4.37. The molecule has 0 spiro atoms. The van der Waals surface area contributed by atoms with E-state index in [9.17, 15) is 14.5 Å². The van der Waals surface area contributed by atoms with Crippen LogP contribution in [0.5, 0.6) is 5.75 Å². The lowest BCUT2D eigenvalue weighted by molar-refractivity contribution is -0.387. The minimum atomic E-state index is -0.933. The highest BCUT2D eigenvalue weighted by Gasteiger charge is 2.15. The Bertz CT molecular complexity index is 627. The minimum absolute atomic E-state index is 0.107. The van der Waals surface area contributed by atoms with Crippen molar-refractivity contribution in [3.8, 4) is 5.75 Å². The molecule has 106 valence electrons. The summed E-state index contributed by atoms with van der Waals surface area (Å²) < 4.78 is 20.5. The lowest BCUT2D eigenvalue weighted by Gasteiger charge is -2.10. The summed E-state index contributed by atoms with van der Waals surface area (Å²) in [5.74, 6) is -0.136. The van der Waals surface area contributed by atoms with Gasteiger partial charge in [0.2, 0.25) is 5.82 Å². The third-order valence-electron chi connectivity index (χ3n) is 2.62. The third-order valence-corrected chi connectivity index (χ3v) is 2.62. The van der Waals surface area contributed by atoms with Crippen LogP contribution in [0.25, 0.3) is 0 Å². The van der Waals surface area contributed by atoms with Crippen LogP contribution in [0.1, 0.15) is 25.7 Å². The summed E-state index contributed by atoms with van der Waals surface area (Å²) in [5.41, 5.74) is -0.581. The van der Waals surface area contributed by atoms with Crippen LogP contribution in [-0.4, -0.2) is 19.7 Å². The Morgan fingerprint density at radius 2 is 2.25 bits per heavy atom. The number of nitro groups is 1. The molecule has 0 fully saturated rings. The lowest BCUT2D eigenvalue weighted by atomic mass is 10.3. The molecule has 7 nitrogen and oxygen atoms in total. The molecule has 0 unspecified atom stereocenters. The van der Waals surface area contributed by atoms with Gasteiger partial charge in [-0.3, -0.25) is 10.1 Å². The Morgan fingerprint density at radius 3 is 2.85 bits per heavy atom. The maximum atomic E-state index is 13.4. The van der Waals surface area contributed by atoms with E-state index in [-0.39, 0.29) is 18.4 Å². The van der Waals surface area contributed by atoms with E-state index >= 15 is 0 Å². The molecule has 0 bridgehead atoms. The van der Waals surface area contributed by atoms with E-state index in [0.29, 0.717) is 5.82 Å². The molecule has 0 radical (unpaired) electrons. The summed E-state index contributed by atoms with van der Waals surface area (Å²) in [6, 6.07) is 3.52. The van der Waals surface area contributed by atoms with Gasteiger partial charge in [-0.2, -0.15) is 9.49 Å². The highest BCUT2D eigenvalue weighted by molar-refractivity contribution is 5.37. The Balaban J connectivity index is 2.09. The van der Waals surface area contributed by atoms with Gasteiger partial charge < -0.3 is 4.74 Å². The summed E-state index contributed by atoms with van der Waals surface area (Å²) >= 11 is 0. The molecule has 0 amide bonds. The van der Waals surface area contributed by atoms with E-state index in [0.717, 1.165) is 12.1 Å². The molecular weight excluding hydrogens is 267 g/mol. The summed E-state index contributed by atoms with van der Waals surface area (Å²) in [6.45, 7) is 4.00. The summed E-state index contributed by atoms with van der Waals surface area (Å²) in [5, 5.41) is 14.5. The predicted octanol–water partition coefficient (Wildman–Crippen LogP) is 2.49. The summed E-state index contributed by atoms with van der Waals surface area (Å²) in [7, 11) is 0. The van der Waals surface area contributed by atoms with Crippen molar-refractivity contribution in [2.45, 2.75) is 26.5 Å². The van der Waals surface area contributed by atoms with Gasteiger partial charge in [-0.15, -0.1) is 0 Å². The maximum absolute atomic E-state index is 13.4. The van der Waals surface area contributed by atoms with E-state index < -0.39 is 16.4 Å². The molecule has 2 aromatic rings. The van der Waals surface area contributed by atoms with Gasteiger partial charge in [0.05, 0.1) is 4.92 Å². The Hall–Kier alpha value is -2.51. The van der Waals surface area contributed by atoms with Crippen LogP contribution >= 0.6 is 0 Å². The first-order valence-corrected chi connectivity index (χ1v) is 5.94. The fourth-order valence-corrected chi connectivity index (χ4v) is 1.68. The van der Waals surface area contributed by atoms with Crippen molar-refractivity contribution in [3.63, 3.8) is 0 Å². The number of benzene rings is 1. The zero-order valence-electron chi connectivity index (χ0n) is 11.0. The van der Waals surface area contributed by atoms with Gasteiger partial charge >= 0.3 is 5.69 Å². The fraction of sp³-hybridized carbons (Fsp3) is 0.333. The zero-order chi connectivity index (χ0) is 14.7. The quantitative estimate of drug-likeness (QED) is 0.620. The minimum Gasteiger partial charge on any atom is -0.486 e. The molecule has 0 saturated carbocycles. The molecule has 8 heteroatoms. The normalized spacial score (nSPS) is 10.8. The first-order valence-electron chi connectivity index (χ1n) is 5.94. The van der Waals surface area contributed by atoms with Gasteiger partial charge in [0.25, 0.3) is 0 Å². The summed E-state index contributed by atoms with van der Waals surface area (Å²) in [6.07, 6.45) is 1.41. The molecule has 1 aromatic carbocycles. The van der Waals surface area contributed by atoms with E-state index in [1.807, 2.05) is 13.8 Å². The standard InChI is InChI=1S/C12H13FN4O3/c1-8(2)16-12(14-7-15-16)6-20-9-3-4-11(17(18)19)10(13)5-9/h3-5,7-8H,6H2,1-2H3. The maximum Gasteiger partial charge on any atom is 0.305 e. The summed E-state index contributed by atoms with van der Waals surface area (Å²) in [4.78, 5) is 13.8. The molecule has 0 aliphatic rings. The second-order valence-corrected chi connectivity index (χ2v) is 4.37. The van der Waals surface area contributed by atoms with Crippen LogP contribution in [0.15, 0.2) is 24.5 Å². The van der Waals surface area contributed by atoms with E-state index in [1.165, 1.54) is 12.4 Å². The first kappa shape index (κ1) is 13.9. The molecule has 0 aliphatic heterocycles. The van der Waals surface area contributed by atoms with E-state index in [2.05, 4.69) is 10.1 Å². The SMILES string of the molecule is CC(C)n1ncnc1COc1ccc([N+](=O)[O-])c(F)c1. The molecule has 0 aliphatic carbocycles. The van der Waals surface area contributed by atoms with Crippen LogP contribution in [0.2, 0.25) is 0 Å². The average molecular weight is 280 g/mol. The highest BCUT2D eigenvalue weighted by Crippen LogP contribution is 2.23. The van der Waals surface area contributed by atoms with Crippen molar-refractivity contribution in [1.82, 2.24) is 14.8 Å². The van der Waals surface area contributed by atoms with Gasteiger partial charge in [0.1, 0.15) is 18.7 Å². The number of nitro benzene ring substituents is 1. The Kier molecular flexibility index (Phi) is 3.92. The van der Waals surface area contributed by atoms with Gasteiger partial charge in [-0.1, -0.05) is 0 Å². The van der Waals surface area contributed by atoms with E-state index in [1.54, 1.807) is 4.68 Å². The predicted molar refractivity (Wildman–Crippen MR) is 67.8 cm³/mol. The third kappa shape index (κ3) is 2.90. The van der Waals surface area contributed by atoms with Crippen molar-refractivity contribution in [2.24, 2.45) is 0 Å².